The standard InChI is InChI=1S/C17H24N2O2/c20-17(21)15-6-7-16-14(13-15)5-4-10-19(16)12-11-18-8-2-1-3-9-18/h6-7,13H,1-5,8-12H2,(H,20,21). The Balaban J connectivity index is 1.67. The molecule has 0 aromatic heterocycles. The molecule has 0 unspecified atom stereocenters. The van der Waals surface area contributed by atoms with Crippen molar-refractivity contribution >= 4 is 11.7 Å². The molecular formula is C17H24N2O2. The number of benzene rings is 1. The molecule has 0 atom stereocenters. The highest BCUT2D eigenvalue weighted by Gasteiger charge is 2.19. The first-order valence-electron chi connectivity index (χ1n) is 8.07. The molecule has 4 nitrogen and oxygen atoms in total. The Morgan fingerprint density at radius 1 is 1.05 bits per heavy atom. The van der Waals surface area contributed by atoms with Crippen molar-refractivity contribution < 1.29 is 9.90 Å². The Morgan fingerprint density at radius 3 is 2.62 bits per heavy atom. The highest BCUT2D eigenvalue weighted by atomic mass is 16.4. The Bertz CT molecular complexity index is 510. The lowest BCUT2D eigenvalue weighted by molar-refractivity contribution is 0.0697. The number of carbonyl (C=O) groups is 1. The summed E-state index contributed by atoms with van der Waals surface area (Å²) in [7, 11) is 0. The minimum atomic E-state index is -0.830. The lowest BCUT2D eigenvalue weighted by atomic mass is 9.99. The van der Waals surface area contributed by atoms with E-state index in [9.17, 15) is 4.79 Å². The third-order valence-electron chi connectivity index (χ3n) is 4.68. The van der Waals surface area contributed by atoms with Gasteiger partial charge in [0, 0.05) is 25.3 Å². The largest absolute Gasteiger partial charge is 0.478 e. The number of nitrogens with zero attached hydrogens (tertiary/aromatic N) is 2. The maximum Gasteiger partial charge on any atom is 0.335 e. The van der Waals surface area contributed by atoms with Crippen molar-refractivity contribution in [2.75, 3.05) is 37.6 Å². The first-order chi connectivity index (χ1) is 10.2. The fraction of sp³-hybridized carbons (Fsp3) is 0.588. The van der Waals surface area contributed by atoms with Gasteiger partial charge in [-0.1, -0.05) is 6.42 Å². The first kappa shape index (κ1) is 14.4. The van der Waals surface area contributed by atoms with E-state index in [0.29, 0.717) is 5.56 Å². The van der Waals surface area contributed by atoms with E-state index < -0.39 is 5.97 Å². The average Bonchev–Trinajstić information content (AvgIpc) is 2.53. The molecule has 1 aromatic rings. The second-order valence-electron chi connectivity index (χ2n) is 6.14. The zero-order chi connectivity index (χ0) is 14.7. The van der Waals surface area contributed by atoms with Gasteiger partial charge in [-0.3, -0.25) is 0 Å². The molecule has 0 aliphatic carbocycles. The monoisotopic (exact) mass is 288 g/mol. The van der Waals surface area contributed by atoms with Crippen molar-refractivity contribution in [1.82, 2.24) is 4.90 Å². The highest BCUT2D eigenvalue weighted by molar-refractivity contribution is 5.88. The van der Waals surface area contributed by atoms with Crippen molar-refractivity contribution in [2.45, 2.75) is 32.1 Å². The van der Waals surface area contributed by atoms with Gasteiger partial charge in [0.1, 0.15) is 0 Å². The molecule has 0 bridgehead atoms. The fourth-order valence-electron chi connectivity index (χ4n) is 3.49. The van der Waals surface area contributed by atoms with Crippen molar-refractivity contribution in [3.63, 3.8) is 0 Å². The SMILES string of the molecule is O=C(O)c1ccc2c(c1)CCCN2CCN1CCCCC1. The molecule has 2 heterocycles. The van der Waals surface area contributed by atoms with Crippen LogP contribution in [-0.2, 0) is 6.42 Å². The number of carboxylic acids is 1. The summed E-state index contributed by atoms with van der Waals surface area (Å²) in [6, 6.07) is 5.58. The third-order valence-corrected chi connectivity index (χ3v) is 4.68. The van der Waals surface area contributed by atoms with Gasteiger partial charge in [-0.25, -0.2) is 4.79 Å². The van der Waals surface area contributed by atoms with Crippen molar-refractivity contribution in [3.05, 3.63) is 29.3 Å². The summed E-state index contributed by atoms with van der Waals surface area (Å²) in [5, 5.41) is 9.11. The minimum Gasteiger partial charge on any atom is -0.478 e. The molecule has 1 saturated heterocycles. The number of hydrogen-bond acceptors (Lipinski definition) is 3. The van der Waals surface area contributed by atoms with Crippen LogP contribution < -0.4 is 4.90 Å². The lowest BCUT2D eigenvalue weighted by Gasteiger charge is -2.34. The number of piperidine rings is 1. The van der Waals surface area contributed by atoms with Crippen LogP contribution in [0.25, 0.3) is 0 Å². The second kappa shape index (κ2) is 6.48. The fourth-order valence-corrected chi connectivity index (χ4v) is 3.49. The van der Waals surface area contributed by atoms with Gasteiger partial charge in [0.05, 0.1) is 5.56 Å². The molecule has 1 aromatic carbocycles. The van der Waals surface area contributed by atoms with Gasteiger partial charge >= 0.3 is 5.97 Å². The summed E-state index contributed by atoms with van der Waals surface area (Å²) in [4.78, 5) is 16.1. The highest BCUT2D eigenvalue weighted by Crippen LogP contribution is 2.28. The van der Waals surface area contributed by atoms with Crippen LogP contribution >= 0.6 is 0 Å². The van der Waals surface area contributed by atoms with Gasteiger partial charge in [0.2, 0.25) is 0 Å². The molecule has 1 N–H and O–H groups in total. The number of carboxylic acid groups (broad SMARTS) is 1. The number of likely N-dealkylation sites (tertiary alicyclic amines) is 1. The Kier molecular flexibility index (Phi) is 4.44. The second-order valence-corrected chi connectivity index (χ2v) is 6.14. The van der Waals surface area contributed by atoms with E-state index in [1.54, 1.807) is 6.07 Å². The van der Waals surface area contributed by atoms with Gasteiger partial charge in [0.15, 0.2) is 0 Å². The molecule has 0 radical (unpaired) electrons. The predicted octanol–water partition coefficient (Wildman–Crippen LogP) is 2.62. The Hall–Kier alpha value is -1.55. The molecule has 3 rings (SSSR count). The van der Waals surface area contributed by atoms with Crippen LogP contribution in [0.2, 0.25) is 0 Å². The van der Waals surface area contributed by atoms with Crippen LogP contribution in [0.4, 0.5) is 5.69 Å². The van der Waals surface area contributed by atoms with Crippen LogP contribution in [0.1, 0.15) is 41.6 Å². The smallest absolute Gasteiger partial charge is 0.335 e. The van der Waals surface area contributed by atoms with E-state index in [1.165, 1.54) is 43.6 Å². The molecule has 0 spiro atoms. The zero-order valence-electron chi connectivity index (χ0n) is 12.6. The van der Waals surface area contributed by atoms with Gasteiger partial charge in [-0.05, 0) is 62.5 Å². The quantitative estimate of drug-likeness (QED) is 0.925. The summed E-state index contributed by atoms with van der Waals surface area (Å²) < 4.78 is 0. The Labute approximate surface area is 126 Å². The van der Waals surface area contributed by atoms with Gasteiger partial charge < -0.3 is 14.9 Å². The van der Waals surface area contributed by atoms with Crippen LogP contribution in [0.3, 0.4) is 0 Å². The summed E-state index contributed by atoms with van der Waals surface area (Å²) in [6.07, 6.45) is 6.16. The molecule has 2 aliphatic heterocycles. The Morgan fingerprint density at radius 2 is 1.86 bits per heavy atom. The van der Waals surface area contributed by atoms with Gasteiger partial charge in [-0.2, -0.15) is 0 Å². The molecule has 2 aliphatic rings. The maximum atomic E-state index is 11.1. The van der Waals surface area contributed by atoms with Crippen LogP contribution in [-0.4, -0.2) is 48.7 Å². The first-order valence-corrected chi connectivity index (χ1v) is 8.07. The number of anilines is 1. The van der Waals surface area contributed by atoms with E-state index in [-0.39, 0.29) is 0 Å². The van der Waals surface area contributed by atoms with Crippen molar-refractivity contribution in [1.29, 1.82) is 0 Å². The van der Waals surface area contributed by atoms with Gasteiger partial charge in [0.25, 0.3) is 0 Å². The lowest BCUT2D eigenvalue weighted by Crippen LogP contribution is -2.39. The van der Waals surface area contributed by atoms with Crippen LogP contribution in [0, 0.1) is 0 Å². The van der Waals surface area contributed by atoms with E-state index in [0.717, 1.165) is 32.5 Å². The van der Waals surface area contributed by atoms with Crippen LogP contribution in [0.5, 0.6) is 0 Å². The normalized spacial score (nSPS) is 19.3. The van der Waals surface area contributed by atoms with E-state index in [1.807, 2.05) is 12.1 Å². The molecular weight excluding hydrogens is 264 g/mol. The maximum absolute atomic E-state index is 11.1. The number of aryl methyl sites for hydroxylation is 1. The third kappa shape index (κ3) is 3.38. The molecule has 4 heteroatoms. The summed E-state index contributed by atoms with van der Waals surface area (Å²) in [5.74, 6) is -0.830. The molecule has 21 heavy (non-hydrogen) atoms. The predicted molar refractivity (Wildman–Crippen MR) is 84.2 cm³/mol. The molecule has 0 amide bonds. The number of aromatic carboxylic acids is 1. The van der Waals surface area contributed by atoms with Crippen molar-refractivity contribution in [3.8, 4) is 0 Å². The summed E-state index contributed by atoms with van der Waals surface area (Å²) >= 11 is 0. The van der Waals surface area contributed by atoms with Crippen LogP contribution in [0.15, 0.2) is 18.2 Å². The molecule has 1 fully saturated rings. The summed E-state index contributed by atoms with van der Waals surface area (Å²) in [6.45, 7) is 5.74. The van der Waals surface area contributed by atoms with E-state index in [2.05, 4.69) is 9.80 Å². The summed E-state index contributed by atoms with van der Waals surface area (Å²) in [5.41, 5.74) is 2.84. The zero-order valence-corrected chi connectivity index (χ0v) is 12.6. The molecule has 114 valence electrons. The average molecular weight is 288 g/mol. The molecule has 0 saturated carbocycles. The van der Waals surface area contributed by atoms with Gasteiger partial charge in [-0.15, -0.1) is 0 Å². The minimum absolute atomic E-state index is 0.409. The number of rotatable bonds is 4. The number of fused-ring (bicyclic) bond motifs is 1. The number of hydrogen-bond donors (Lipinski definition) is 1. The topological polar surface area (TPSA) is 43.8 Å². The van der Waals surface area contributed by atoms with E-state index in [4.69, 9.17) is 5.11 Å². The van der Waals surface area contributed by atoms with Crippen molar-refractivity contribution in [2.24, 2.45) is 0 Å². The van der Waals surface area contributed by atoms with E-state index >= 15 is 0 Å².